The van der Waals surface area contributed by atoms with Gasteiger partial charge in [-0.2, -0.15) is 13.2 Å². The van der Waals surface area contributed by atoms with Gasteiger partial charge in [-0.15, -0.1) is 0 Å². The van der Waals surface area contributed by atoms with Gasteiger partial charge in [-0.3, -0.25) is 4.98 Å². The topological polar surface area (TPSA) is 22.8 Å². The van der Waals surface area contributed by atoms with Crippen LogP contribution in [0, 0.1) is 13.8 Å². The van der Waals surface area contributed by atoms with Crippen molar-refractivity contribution < 1.29 is 13.2 Å². The van der Waals surface area contributed by atoms with E-state index in [1.165, 1.54) is 23.3 Å². The molecule has 10 aromatic rings. The molecule has 0 spiro atoms. The number of alkyl halides is 3. The predicted octanol–water partition coefficient (Wildman–Crippen LogP) is 13.9. The third-order valence-electron chi connectivity index (χ3n) is 11.1. The molecule has 0 saturated carbocycles. The first kappa shape index (κ1) is 33.6. The van der Waals surface area contributed by atoms with Crippen LogP contribution in [0.5, 0.6) is 0 Å². The van der Waals surface area contributed by atoms with Gasteiger partial charge in [0.25, 0.3) is 0 Å². The van der Waals surface area contributed by atoms with Crippen molar-refractivity contribution in [3.8, 4) is 44.9 Å². The maximum atomic E-state index is 14.7. The smallest absolute Gasteiger partial charge is 0.309 e. The van der Waals surface area contributed by atoms with Crippen molar-refractivity contribution in [2.75, 3.05) is 0 Å². The van der Waals surface area contributed by atoms with Crippen LogP contribution in [0.3, 0.4) is 0 Å². The summed E-state index contributed by atoms with van der Waals surface area (Å²) in [4.78, 5) is 4.91. The van der Waals surface area contributed by atoms with Crippen LogP contribution in [0.4, 0.5) is 13.2 Å². The van der Waals surface area contributed by atoms with Crippen molar-refractivity contribution in [1.82, 2.24) is 14.1 Å². The van der Waals surface area contributed by atoms with Crippen molar-refractivity contribution in [3.05, 3.63) is 187 Å². The van der Waals surface area contributed by atoms with Crippen LogP contribution in [-0.2, 0) is 6.18 Å². The molecule has 0 aliphatic rings. The lowest BCUT2D eigenvalue weighted by molar-refractivity contribution is -0.137. The van der Waals surface area contributed by atoms with Crippen LogP contribution in [-0.4, -0.2) is 14.1 Å². The summed E-state index contributed by atoms with van der Waals surface area (Å²) in [6, 6.07) is 53.5. The molecule has 56 heavy (non-hydrogen) atoms. The largest absolute Gasteiger partial charge is 0.416 e. The Morgan fingerprint density at radius 1 is 0.429 bits per heavy atom. The molecule has 3 nitrogen and oxygen atoms in total. The summed E-state index contributed by atoms with van der Waals surface area (Å²) in [5.41, 5.74) is 11.9. The van der Waals surface area contributed by atoms with Gasteiger partial charge in [0.2, 0.25) is 0 Å². The first-order chi connectivity index (χ1) is 27.3. The molecule has 3 aromatic heterocycles. The number of nitrogens with zero attached hydrogens (tertiary/aromatic N) is 3. The Kier molecular flexibility index (Phi) is 7.72. The third-order valence-corrected chi connectivity index (χ3v) is 11.1. The average molecular weight is 734 g/mol. The number of aryl methyl sites for hydroxylation is 2. The van der Waals surface area contributed by atoms with E-state index >= 15 is 0 Å². The lowest BCUT2D eigenvalue weighted by Crippen LogP contribution is -2.08. The fourth-order valence-electron chi connectivity index (χ4n) is 8.48. The Labute approximate surface area is 321 Å². The monoisotopic (exact) mass is 733 g/mol. The molecule has 270 valence electrons. The summed E-state index contributed by atoms with van der Waals surface area (Å²) < 4.78 is 48.2. The van der Waals surface area contributed by atoms with E-state index in [1.54, 1.807) is 12.3 Å². The first-order valence-corrected chi connectivity index (χ1v) is 18.6. The molecular weight excluding hydrogens is 700 g/mol. The number of pyridine rings is 1. The van der Waals surface area contributed by atoms with Crippen LogP contribution in [0.25, 0.3) is 88.5 Å². The lowest BCUT2D eigenvalue weighted by atomic mass is 9.99. The van der Waals surface area contributed by atoms with Crippen molar-refractivity contribution in [2.24, 2.45) is 0 Å². The highest BCUT2D eigenvalue weighted by Crippen LogP contribution is 2.43. The summed E-state index contributed by atoms with van der Waals surface area (Å²) in [5.74, 6) is 0. The van der Waals surface area contributed by atoms with Gasteiger partial charge < -0.3 is 9.13 Å². The minimum absolute atomic E-state index is 0.378. The first-order valence-electron chi connectivity index (χ1n) is 18.6. The summed E-state index contributed by atoms with van der Waals surface area (Å²) in [7, 11) is 0. The van der Waals surface area contributed by atoms with E-state index in [2.05, 4.69) is 102 Å². The molecule has 0 bridgehead atoms. The SMILES string of the molecule is Cc1ccccc1-c1ccc2c(c1)c1ccccc1n2-c1ccc(C(F)(F)F)cc1-c1ncccc1-n1c2ccccc2c2cc(-c3ccccc3C)ccc21. The summed E-state index contributed by atoms with van der Waals surface area (Å²) in [6.45, 7) is 4.21. The Morgan fingerprint density at radius 2 is 0.929 bits per heavy atom. The van der Waals surface area contributed by atoms with Crippen molar-refractivity contribution >= 4 is 43.6 Å². The molecule has 0 amide bonds. The van der Waals surface area contributed by atoms with Crippen molar-refractivity contribution in [1.29, 1.82) is 0 Å². The number of aromatic nitrogens is 3. The molecule has 0 aliphatic heterocycles. The molecule has 0 unspecified atom stereocenters. The van der Waals surface area contributed by atoms with Crippen molar-refractivity contribution in [3.63, 3.8) is 0 Å². The van der Waals surface area contributed by atoms with E-state index in [-0.39, 0.29) is 0 Å². The second-order valence-corrected chi connectivity index (χ2v) is 14.4. The molecule has 0 saturated heterocycles. The van der Waals surface area contributed by atoms with Crippen LogP contribution >= 0.6 is 0 Å². The minimum atomic E-state index is -4.57. The number of fused-ring (bicyclic) bond motifs is 6. The molecular formula is C50H34F3N3. The normalized spacial score (nSPS) is 12.0. The van der Waals surface area contributed by atoms with Gasteiger partial charge in [0.05, 0.1) is 44.7 Å². The molecule has 0 radical (unpaired) electrons. The highest BCUT2D eigenvalue weighted by atomic mass is 19.4. The molecule has 10 rings (SSSR count). The van der Waals surface area contributed by atoms with Gasteiger partial charge in [0.1, 0.15) is 0 Å². The summed E-state index contributed by atoms with van der Waals surface area (Å²) >= 11 is 0. The van der Waals surface area contributed by atoms with E-state index in [0.29, 0.717) is 22.6 Å². The van der Waals surface area contributed by atoms with Gasteiger partial charge in [-0.05, 0) is 114 Å². The maximum Gasteiger partial charge on any atom is 0.416 e. The van der Waals surface area contributed by atoms with Gasteiger partial charge in [0.15, 0.2) is 0 Å². The quantitative estimate of drug-likeness (QED) is 0.173. The standard InChI is InChI=1S/C50H34F3N3/c1-31-12-3-5-14-36(31)33-21-24-45-40(28-33)38-16-7-9-18-43(38)55(45)47-26-23-35(50(51,52)53)30-42(47)49-48(20-11-27-54-49)56-44-19-10-8-17-39(44)41-29-34(22-25-46(41)56)37-15-6-4-13-32(37)2/h3-30H,1-2H3. The lowest BCUT2D eigenvalue weighted by Gasteiger charge is -2.19. The Hall–Kier alpha value is -6.92. The summed E-state index contributed by atoms with van der Waals surface area (Å²) in [6.07, 6.45) is -2.91. The number of rotatable bonds is 5. The third kappa shape index (κ3) is 5.32. The zero-order valence-electron chi connectivity index (χ0n) is 30.6. The van der Waals surface area contributed by atoms with Gasteiger partial charge in [0, 0.05) is 33.3 Å². The number of hydrogen-bond acceptors (Lipinski definition) is 1. The molecule has 0 atom stereocenters. The van der Waals surface area contributed by atoms with Crippen LogP contribution in [0.15, 0.2) is 170 Å². The molecule has 0 aliphatic carbocycles. The predicted molar refractivity (Wildman–Crippen MR) is 224 cm³/mol. The molecule has 0 N–H and O–H groups in total. The fraction of sp³-hybridized carbons (Fsp3) is 0.0600. The number of hydrogen-bond donors (Lipinski definition) is 0. The molecule has 3 heterocycles. The van der Waals surface area contributed by atoms with Gasteiger partial charge in [-0.25, -0.2) is 0 Å². The average Bonchev–Trinajstić information content (AvgIpc) is 3.73. The van der Waals surface area contributed by atoms with E-state index in [0.717, 1.165) is 65.9 Å². The second kappa shape index (κ2) is 12.8. The fourth-order valence-corrected chi connectivity index (χ4v) is 8.48. The minimum Gasteiger partial charge on any atom is -0.309 e. The summed E-state index contributed by atoms with van der Waals surface area (Å²) in [5, 5.41) is 4.12. The molecule has 0 fully saturated rings. The number of benzene rings is 7. The zero-order chi connectivity index (χ0) is 38.1. The van der Waals surface area contributed by atoms with E-state index in [4.69, 9.17) is 4.98 Å². The molecule has 6 heteroatoms. The second-order valence-electron chi connectivity index (χ2n) is 14.4. The Morgan fingerprint density at radius 3 is 1.48 bits per heavy atom. The van der Waals surface area contributed by atoms with Gasteiger partial charge >= 0.3 is 6.18 Å². The van der Waals surface area contributed by atoms with E-state index in [1.807, 2.05) is 66.7 Å². The number of para-hydroxylation sites is 2. The van der Waals surface area contributed by atoms with Gasteiger partial charge in [-0.1, -0.05) is 97.1 Å². The highest BCUT2D eigenvalue weighted by Gasteiger charge is 2.32. The Balaban J connectivity index is 1.25. The van der Waals surface area contributed by atoms with E-state index < -0.39 is 11.7 Å². The van der Waals surface area contributed by atoms with Crippen LogP contribution < -0.4 is 0 Å². The molecule has 7 aromatic carbocycles. The highest BCUT2D eigenvalue weighted by molar-refractivity contribution is 6.12. The van der Waals surface area contributed by atoms with Crippen LogP contribution in [0.1, 0.15) is 16.7 Å². The van der Waals surface area contributed by atoms with Crippen LogP contribution in [0.2, 0.25) is 0 Å². The van der Waals surface area contributed by atoms with E-state index in [9.17, 15) is 13.2 Å². The van der Waals surface area contributed by atoms with Crippen molar-refractivity contribution in [2.45, 2.75) is 20.0 Å². The number of halogens is 3. The zero-order valence-corrected chi connectivity index (χ0v) is 30.6. The Bertz CT molecular complexity index is 3160. The maximum absolute atomic E-state index is 14.7.